The van der Waals surface area contributed by atoms with Gasteiger partial charge in [0.1, 0.15) is 0 Å². The molecule has 5 heteroatoms. The van der Waals surface area contributed by atoms with E-state index >= 15 is 0 Å². The van der Waals surface area contributed by atoms with Crippen molar-refractivity contribution in [2.45, 2.75) is 126 Å². The lowest BCUT2D eigenvalue weighted by molar-refractivity contribution is 0.174. The monoisotopic (exact) mass is 883 g/mol. The number of anilines is 6. The molecule has 67 heavy (non-hydrogen) atoms. The number of fused-ring (bicyclic) bond motifs is 6. The van der Waals surface area contributed by atoms with Gasteiger partial charge in [-0.2, -0.15) is 0 Å². The van der Waals surface area contributed by atoms with Gasteiger partial charge in [-0.15, -0.1) is 0 Å². The van der Waals surface area contributed by atoms with Crippen molar-refractivity contribution in [2.75, 3.05) is 16.6 Å². The van der Waals surface area contributed by atoms with E-state index in [4.69, 9.17) is 9.47 Å². The summed E-state index contributed by atoms with van der Waals surface area (Å²) in [7, 11) is 0. The van der Waals surface area contributed by atoms with Gasteiger partial charge in [0.2, 0.25) is 6.79 Å². The van der Waals surface area contributed by atoms with Crippen LogP contribution in [0.3, 0.4) is 0 Å². The highest BCUT2D eigenvalue weighted by atomic mass is 16.7. The Morgan fingerprint density at radius 3 is 1.45 bits per heavy atom. The molecule has 0 saturated heterocycles. The Kier molecular flexibility index (Phi) is 10.3. The van der Waals surface area contributed by atoms with Gasteiger partial charge in [0.15, 0.2) is 11.5 Å². The van der Waals surface area contributed by atoms with E-state index in [1.54, 1.807) is 0 Å². The van der Waals surface area contributed by atoms with Crippen LogP contribution < -0.4 is 35.7 Å². The zero-order chi connectivity index (χ0) is 47.7. The average Bonchev–Trinajstić information content (AvgIpc) is 3.75. The molecule has 0 fully saturated rings. The quantitative estimate of drug-likeness (QED) is 0.164. The molecule has 0 unspecified atom stereocenters. The maximum Gasteiger partial charge on any atom is 0.252 e. The van der Waals surface area contributed by atoms with E-state index in [1.807, 2.05) is 0 Å². The Hall–Kier alpha value is -6.20. The lowest BCUT2D eigenvalue weighted by Gasteiger charge is -2.45. The van der Waals surface area contributed by atoms with E-state index in [-0.39, 0.29) is 35.2 Å². The van der Waals surface area contributed by atoms with Crippen molar-refractivity contribution in [1.29, 1.82) is 0 Å². The highest BCUT2D eigenvalue weighted by molar-refractivity contribution is 7.00. The minimum atomic E-state index is -0.0663. The van der Waals surface area contributed by atoms with E-state index in [1.165, 1.54) is 100 Å². The van der Waals surface area contributed by atoms with E-state index in [9.17, 15) is 0 Å². The third-order valence-corrected chi connectivity index (χ3v) is 14.5. The summed E-state index contributed by atoms with van der Waals surface area (Å²) in [5.41, 5.74) is 24.5. The van der Waals surface area contributed by atoms with E-state index < -0.39 is 0 Å². The van der Waals surface area contributed by atoms with Crippen LogP contribution in [0.5, 0.6) is 11.5 Å². The Labute approximate surface area is 401 Å². The summed E-state index contributed by atoms with van der Waals surface area (Å²) in [6, 6.07) is 47.0. The van der Waals surface area contributed by atoms with Gasteiger partial charge in [0.05, 0.1) is 11.4 Å². The smallest absolute Gasteiger partial charge is 0.252 e. The van der Waals surface area contributed by atoms with Gasteiger partial charge in [-0.25, -0.2) is 0 Å². The molecule has 4 nitrogen and oxygen atoms in total. The molecule has 0 amide bonds. The van der Waals surface area contributed by atoms with Crippen LogP contribution in [-0.2, 0) is 21.7 Å². The number of nitrogens with zero attached hydrogens (tertiary/aromatic N) is 2. The van der Waals surface area contributed by atoms with E-state index in [2.05, 4.69) is 235 Å². The van der Waals surface area contributed by atoms with E-state index in [0.717, 1.165) is 22.9 Å². The fourth-order valence-corrected chi connectivity index (χ4v) is 10.7. The molecule has 3 aliphatic rings. The first-order valence-corrected chi connectivity index (χ1v) is 24.3. The molecule has 10 rings (SSSR count). The first-order chi connectivity index (χ1) is 31.5. The summed E-state index contributed by atoms with van der Waals surface area (Å²) >= 11 is 0. The van der Waals surface area contributed by atoms with Crippen LogP contribution in [0.25, 0.3) is 22.3 Å². The molecule has 0 saturated carbocycles. The molecular weight excluding hydrogens is 816 g/mol. The largest absolute Gasteiger partial charge is 0.454 e. The molecule has 340 valence electrons. The predicted octanol–water partition coefficient (Wildman–Crippen LogP) is 14.9. The number of hydrogen-bond acceptors (Lipinski definition) is 4. The first kappa shape index (κ1) is 44.6. The molecule has 0 radical (unpaired) electrons. The number of hydrogen-bond donors (Lipinski definition) is 0. The van der Waals surface area contributed by atoms with Crippen LogP contribution in [0.2, 0.25) is 0 Å². The van der Waals surface area contributed by atoms with Crippen LogP contribution in [-0.4, -0.2) is 13.5 Å². The van der Waals surface area contributed by atoms with Crippen molar-refractivity contribution < 1.29 is 9.47 Å². The molecular formula is C62H67BN2O2. The van der Waals surface area contributed by atoms with Crippen LogP contribution in [0.15, 0.2) is 121 Å². The summed E-state index contributed by atoms with van der Waals surface area (Å²) in [6.45, 7) is 34.5. The van der Waals surface area contributed by atoms with Gasteiger partial charge in [-0.3, -0.25) is 0 Å². The van der Waals surface area contributed by atoms with Gasteiger partial charge < -0.3 is 19.3 Å². The number of rotatable bonds is 4. The third-order valence-electron chi connectivity index (χ3n) is 14.5. The maximum absolute atomic E-state index is 6.54. The topological polar surface area (TPSA) is 24.9 Å². The van der Waals surface area contributed by atoms with Gasteiger partial charge >= 0.3 is 0 Å². The highest BCUT2D eigenvalue weighted by Gasteiger charge is 2.46. The molecule has 7 aromatic rings. The minimum absolute atomic E-state index is 0.00523. The summed E-state index contributed by atoms with van der Waals surface area (Å²) in [6.07, 6.45) is 0. The first-order valence-electron chi connectivity index (χ1n) is 24.3. The van der Waals surface area contributed by atoms with Crippen molar-refractivity contribution in [1.82, 2.24) is 0 Å². The number of ether oxygens (including phenoxy) is 2. The second kappa shape index (κ2) is 15.4. The standard InChI is InChI=1S/C62H67BN2O2/c1-37-28-52-55-53(29-37)65(56-38(2)30-47(31-39(56)3)62(13,14)15)57-49(25-27-54-58(57)67-36-66-54)63(55)50-35-46(61(10,11)12)24-26-51(50)64(52)48-33-42(40-16-20-44(21-17-40)59(4,5)6)32-43(34-48)41-18-22-45(23-19-41)60(7,8)9/h16-35H,36H2,1-15H3. The molecule has 0 aliphatic carbocycles. The molecule has 3 heterocycles. The summed E-state index contributed by atoms with van der Waals surface area (Å²) in [5.74, 6) is 1.60. The van der Waals surface area contributed by atoms with Gasteiger partial charge in [0, 0.05) is 22.7 Å². The molecule has 0 aromatic heterocycles. The van der Waals surface area contributed by atoms with Crippen molar-refractivity contribution in [2.24, 2.45) is 0 Å². The van der Waals surface area contributed by atoms with Crippen LogP contribution in [0.1, 0.15) is 122 Å². The predicted molar refractivity (Wildman–Crippen MR) is 286 cm³/mol. The number of aryl methyl sites for hydroxylation is 3. The molecule has 0 N–H and O–H groups in total. The summed E-state index contributed by atoms with van der Waals surface area (Å²) < 4.78 is 12.7. The fraction of sp³-hybridized carbons (Fsp3) is 0.323. The molecule has 7 aromatic carbocycles. The zero-order valence-electron chi connectivity index (χ0n) is 42.5. The molecule has 3 aliphatic heterocycles. The van der Waals surface area contributed by atoms with Crippen LogP contribution >= 0.6 is 0 Å². The highest BCUT2D eigenvalue weighted by Crippen LogP contribution is 2.53. The van der Waals surface area contributed by atoms with Gasteiger partial charge in [-0.05, 0) is 162 Å². The van der Waals surface area contributed by atoms with Crippen LogP contribution in [0, 0.1) is 20.8 Å². The normalized spacial score (nSPS) is 14.3. The van der Waals surface area contributed by atoms with Crippen molar-refractivity contribution in [3.05, 3.63) is 160 Å². The Morgan fingerprint density at radius 2 is 0.925 bits per heavy atom. The summed E-state index contributed by atoms with van der Waals surface area (Å²) in [4.78, 5) is 5.09. The Morgan fingerprint density at radius 1 is 0.418 bits per heavy atom. The van der Waals surface area contributed by atoms with Crippen molar-refractivity contribution in [3.63, 3.8) is 0 Å². The second-order valence-corrected chi connectivity index (χ2v) is 23.7. The van der Waals surface area contributed by atoms with Crippen LogP contribution in [0.4, 0.5) is 34.1 Å². The fourth-order valence-electron chi connectivity index (χ4n) is 10.7. The Bertz CT molecular complexity index is 3020. The molecule has 0 atom stereocenters. The Balaban J connectivity index is 1.28. The molecule has 0 spiro atoms. The van der Waals surface area contributed by atoms with E-state index in [0.29, 0.717) is 0 Å². The van der Waals surface area contributed by atoms with Crippen molar-refractivity contribution in [3.8, 4) is 33.8 Å². The minimum Gasteiger partial charge on any atom is -0.454 e. The number of benzene rings is 7. The summed E-state index contributed by atoms with van der Waals surface area (Å²) in [5, 5.41) is 0. The zero-order valence-corrected chi connectivity index (χ0v) is 42.5. The second-order valence-electron chi connectivity index (χ2n) is 23.7. The third kappa shape index (κ3) is 7.63. The SMILES string of the molecule is Cc1cc2c3c(c1)N(c1c(C)cc(C(C)(C)C)cc1C)c1c(ccc4c1OCO4)B3c1cc(C(C)(C)C)ccc1N2c1cc(-c2ccc(C(C)(C)C)cc2)cc(-c2ccc(C(C)(C)C)cc2)c1. The maximum atomic E-state index is 6.54. The molecule has 0 bridgehead atoms. The van der Waals surface area contributed by atoms with Crippen molar-refractivity contribution >= 4 is 57.2 Å². The average molecular weight is 883 g/mol. The lowest BCUT2D eigenvalue weighted by Crippen LogP contribution is -2.61. The van der Waals surface area contributed by atoms with Gasteiger partial charge in [0.25, 0.3) is 6.71 Å². The lowest BCUT2D eigenvalue weighted by atomic mass is 9.33. The van der Waals surface area contributed by atoms with Gasteiger partial charge in [-0.1, -0.05) is 162 Å².